The Bertz CT molecular complexity index is 1020. The molecule has 0 bridgehead atoms. The van der Waals surface area contributed by atoms with Gasteiger partial charge < -0.3 is 24.1 Å². The summed E-state index contributed by atoms with van der Waals surface area (Å²) in [6, 6.07) is 12.1. The van der Waals surface area contributed by atoms with E-state index >= 15 is 0 Å². The van der Waals surface area contributed by atoms with Gasteiger partial charge in [0, 0.05) is 10.6 Å². The number of carbonyl (C=O) groups excluding carboxylic acids is 1. The fourth-order valence-corrected chi connectivity index (χ4v) is 2.76. The van der Waals surface area contributed by atoms with E-state index in [1.54, 1.807) is 70.5 Å². The maximum absolute atomic E-state index is 12.6. The predicted octanol–water partition coefficient (Wildman–Crippen LogP) is 3.88. The van der Waals surface area contributed by atoms with Crippen LogP contribution in [0.25, 0.3) is 11.4 Å². The van der Waals surface area contributed by atoms with Gasteiger partial charge in [0.25, 0.3) is 5.91 Å². The molecule has 0 aliphatic carbocycles. The van der Waals surface area contributed by atoms with Gasteiger partial charge in [-0.15, -0.1) is 0 Å². The zero-order valence-corrected chi connectivity index (χ0v) is 17.8. The zero-order chi connectivity index (χ0) is 21.7. The lowest BCUT2D eigenvalue weighted by Gasteiger charge is -2.25. The van der Waals surface area contributed by atoms with Gasteiger partial charge in [0.2, 0.25) is 11.7 Å². The van der Waals surface area contributed by atoms with Crippen molar-refractivity contribution < 1.29 is 23.5 Å². The second-order valence-electron chi connectivity index (χ2n) is 6.83. The van der Waals surface area contributed by atoms with Crippen molar-refractivity contribution in [2.45, 2.75) is 26.0 Å². The van der Waals surface area contributed by atoms with Crippen molar-refractivity contribution in [2.75, 3.05) is 14.2 Å². The molecule has 0 unspecified atom stereocenters. The van der Waals surface area contributed by atoms with Crippen LogP contribution in [0.5, 0.6) is 17.2 Å². The second kappa shape index (κ2) is 9.04. The first kappa shape index (κ1) is 21.4. The highest BCUT2D eigenvalue weighted by Gasteiger charge is 2.30. The van der Waals surface area contributed by atoms with Crippen molar-refractivity contribution in [3.05, 3.63) is 53.4 Å². The van der Waals surface area contributed by atoms with Gasteiger partial charge in [0.05, 0.1) is 20.8 Å². The minimum absolute atomic E-state index is 0.0620. The van der Waals surface area contributed by atoms with Crippen LogP contribution in [0.1, 0.15) is 19.7 Å². The third kappa shape index (κ3) is 5.01. The van der Waals surface area contributed by atoms with Crippen LogP contribution in [0.15, 0.2) is 47.0 Å². The Labute approximate surface area is 179 Å². The van der Waals surface area contributed by atoms with E-state index in [1.165, 1.54) is 0 Å². The highest BCUT2D eigenvalue weighted by Crippen LogP contribution is 2.31. The average molecular weight is 432 g/mol. The molecule has 0 saturated heterocycles. The number of ether oxygens (including phenoxy) is 3. The van der Waals surface area contributed by atoms with Crippen molar-refractivity contribution in [1.82, 2.24) is 15.5 Å². The van der Waals surface area contributed by atoms with Crippen molar-refractivity contribution >= 4 is 17.5 Å². The van der Waals surface area contributed by atoms with E-state index < -0.39 is 5.60 Å². The quantitative estimate of drug-likeness (QED) is 0.578. The Morgan fingerprint density at radius 1 is 1.10 bits per heavy atom. The fraction of sp³-hybridized carbons (Fsp3) is 0.286. The van der Waals surface area contributed by atoms with Crippen molar-refractivity contribution in [3.8, 4) is 28.6 Å². The molecule has 0 spiro atoms. The van der Waals surface area contributed by atoms with Crippen molar-refractivity contribution in [2.24, 2.45) is 0 Å². The summed E-state index contributed by atoms with van der Waals surface area (Å²) >= 11 is 5.87. The number of aromatic nitrogens is 2. The Morgan fingerprint density at radius 2 is 1.80 bits per heavy atom. The molecular weight excluding hydrogens is 410 g/mol. The smallest absolute Gasteiger partial charge is 0.264 e. The molecular formula is C21H22ClN3O5. The normalized spacial score (nSPS) is 11.1. The molecule has 0 saturated carbocycles. The largest absolute Gasteiger partial charge is 0.493 e. The SMILES string of the molecule is COc1ccc(-c2noc(CNC(=O)C(C)(C)Oc3ccc(Cl)cc3)n2)cc1OC. The Kier molecular flexibility index (Phi) is 6.47. The standard InChI is InChI=1S/C21H22ClN3O5/c1-21(2,29-15-8-6-14(22)7-9-15)20(26)23-12-18-24-19(25-30-18)13-5-10-16(27-3)17(11-13)28-4/h5-11H,12H2,1-4H3,(H,23,26). The van der Waals surface area contributed by atoms with Gasteiger partial charge in [-0.2, -0.15) is 4.98 Å². The van der Waals surface area contributed by atoms with Crippen LogP contribution in [-0.2, 0) is 11.3 Å². The number of nitrogens with zero attached hydrogens (tertiary/aromatic N) is 2. The molecule has 2 aromatic carbocycles. The van der Waals surface area contributed by atoms with E-state index in [0.29, 0.717) is 33.7 Å². The summed E-state index contributed by atoms with van der Waals surface area (Å²) in [5.74, 6) is 1.99. The monoisotopic (exact) mass is 431 g/mol. The van der Waals surface area contributed by atoms with Crippen LogP contribution < -0.4 is 19.5 Å². The number of hydrogen-bond donors (Lipinski definition) is 1. The fourth-order valence-electron chi connectivity index (χ4n) is 2.63. The zero-order valence-electron chi connectivity index (χ0n) is 17.1. The van der Waals surface area contributed by atoms with E-state index in [1.807, 2.05) is 0 Å². The first-order valence-electron chi connectivity index (χ1n) is 9.10. The maximum atomic E-state index is 12.6. The molecule has 1 aromatic heterocycles. The molecule has 1 amide bonds. The van der Waals surface area contributed by atoms with Gasteiger partial charge >= 0.3 is 0 Å². The number of halogens is 1. The molecule has 0 fully saturated rings. The molecule has 0 aliphatic rings. The third-order valence-electron chi connectivity index (χ3n) is 4.24. The average Bonchev–Trinajstić information content (AvgIpc) is 3.22. The lowest BCUT2D eigenvalue weighted by atomic mass is 10.1. The van der Waals surface area contributed by atoms with Gasteiger partial charge in [0.1, 0.15) is 5.75 Å². The molecule has 1 N–H and O–H groups in total. The number of amides is 1. The molecule has 0 aliphatic heterocycles. The van der Waals surface area contributed by atoms with Gasteiger partial charge in [-0.25, -0.2) is 0 Å². The van der Waals surface area contributed by atoms with E-state index in [2.05, 4.69) is 15.5 Å². The van der Waals surface area contributed by atoms with Crippen molar-refractivity contribution in [1.29, 1.82) is 0 Å². The first-order chi connectivity index (χ1) is 14.3. The molecule has 3 rings (SSSR count). The van der Waals surface area contributed by atoms with Gasteiger partial charge in [-0.05, 0) is 56.3 Å². The number of rotatable bonds is 8. The summed E-state index contributed by atoms with van der Waals surface area (Å²) in [4.78, 5) is 16.9. The van der Waals surface area contributed by atoms with E-state index in [-0.39, 0.29) is 18.3 Å². The van der Waals surface area contributed by atoms with E-state index in [4.69, 9.17) is 30.3 Å². The minimum atomic E-state index is -1.11. The van der Waals surface area contributed by atoms with Crippen LogP contribution in [0.3, 0.4) is 0 Å². The molecule has 1 heterocycles. The van der Waals surface area contributed by atoms with Crippen LogP contribution >= 0.6 is 11.6 Å². The maximum Gasteiger partial charge on any atom is 0.264 e. The number of carbonyl (C=O) groups is 1. The Morgan fingerprint density at radius 3 is 2.47 bits per heavy atom. The number of benzene rings is 2. The summed E-state index contributed by atoms with van der Waals surface area (Å²) in [5.41, 5.74) is -0.416. The number of nitrogens with one attached hydrogen (secondary N) is 1. The minimum Gasteiger partial charge on any atom is -0.493 e. The number of methoxy groups -OCH3 is 2. The molecule has 30 heavy (non-hydrogen) atoms. The summed E-state index contributed by atoms with van der Waals surface area (Å²) in [5, 5.41) is 7.29. The Balaban J connectivity index is 1.63. The molecule has 158 valence electrons. The lowest BCUT2D eigenvalue weighted by Crippen LogP contribution is -2.46. The highest BCUT2D eigenvalue weighted by molar-refractivity contribution is 6.30. The summed E-state index contributed by atoms with van der Waals surface area (Å²) in [6.45, 7) is 3.40. The van der Waals surface area contributed by atoms with Gasteiger partial charge in [-0.3, -0.25) is 4.79 Å². The van der Waals surface area contributed by atoms with Gasteiger partial charge in [-0.1, -0.05) is 16.8 Å². The second-order valence-corrected chi connectivity index (χ2v) is 7.27. The summed E-state index contributed by atoms with van der Waals surface area (Å²) in [6.07, 6.45) is 0. The predicted molar refractivity (Wildman–Crippen MR) is 111 cm³/mol. The van der Waals surface area contributed by atoms with Crippen LogP contribution in [0.4, 0.5) is 0 Å². The molecule has 0 radical (unpaired) electrons. The number of hydrogen-bond acceptors (Lipinski definition) is 7. The van der Waals surface area contributed by atoms with Crippen LogP contribution in [0, 0.1) is 0 Å². The van der Waals surface area contributed by atoms with Gasteiger partial charge in [0.15, 0.2) is 17.1 Å². The summed E-state index contributed by atoms with van der Waals surface area (Å²) < 4.78 is 21.5. The van der Waals surface area contributed by atoms with Crippen molar-refractivity contribution in [3.63, 3.8) is 0 Å². The third-order valence-corrected chi connectivity index (χ3v) is 4.50. The molecule has 3 aromatic rings. The van der Waals surface area contributed by atoms with Crippen LogP contribution in [-0.4, -0.2) is 35.9 Å². The highest BCUT2D eigenvalue weighted by atomic mass is 35.5. The summed E-state index contributed by atoms with van der Waals surface area (Å²) in [7, 11) is 3.11. The topological polar surface area (TPSA) is 95.7 Å². The lowest BCUT2D eigenvalue weighted by molar-refractivity contribution is -0.134. The molecule has 9 heteroatoms. The van der Waals surface area contributed by atoms with E-state index in [9.17, 15) is 4.79 Å². The molecule has 0 atom stereocenters. The first-order valence-corrected chi connectivity index (χ1v) is 9.48. The van der Waals surface area contributed by atoms with E-state index in [0.717, 1.165) is 0 Å². The molecule has 8 nitrogen and oxygen atoms in total. The Hall–Kier alpha value is -3.26. The van der Waals surface area contributed by atoms with Crippen LogP contribution in [0.2, 0.25) is 5.02 Å².